The molecule has 11 nitrogen and oxygen atoms in total. The van der Waals surface area contributed by atoms with Crippen LogP contribution in [0.1, 0.15) is 61.2 Å². The second-order valence-electron chi connectivity index (χ2n) is 12.1. The molecule has 0 bridgehead atoms. The fourth-order valence-electron chi connectivity index (χ4n) is 6.70. The highest BCUT2D eigenvalue weighted by Gasteiger charge is 2.41. The van der Waals surface area contributed by atoms with Crippen LogP contribution in [0.3, 0.4) is 0 Å². The van der Waals surface area contributed by atoms with Crippen molar-refractivity contribution in [2.24, 2.45) is 0 Å². The van der Waals surface area contributed by atoms with Gasteiger partial charge in [-0.05, 0) is 51.8 Å². The Morgan fingerprint density at radius 3 is 2.79 bits per heavy atom. The minimum atomic E-state index is -0.506. The van der Waals surface area contributed by atoms with Gasteiger partial charge in [-0.1, -0.05) is 11.7 Å². The zero-order chi connectivity index (χ0) is 30.3. The maximum atomic E-state index is 12.1. The van der Waals surface area contributed by atoms with Crippen molar-refractivity contribution in [3.8, 4) is 23.5 Å². The van der Waals surface area contributed by atoms with Crippen LogP contribution in [0.25, 0.3) is 11.6 Å². The van der Waals surface area contributed by atoms with E-state index in [0.717, 1.165) is 60.8 Å². The third kappa shape index (κ3) is 5.47. The largest absolute Gasteiger partial charge is 0.474 e. The number of carbonyl (C=O) groups excluding carboxylic acids is 1. The number of nitrogens with zero attached hydrogens (tertiary/aromatic N) is 7. The first-order valence-corrected chi connectivity index (χ1v) is 15.7. The Kier molecular flexibility index (Phi) is 7.87. The van der Waals surface area contributed by atoms with Crippen molar-refractivity contribution in [1.29, 1.82) is 5.26 Å². The van der Waals surface area contributed by atoms with Gasteiger partial charge < -0.3 is 29.7 Å². The van der Waals surface area contributed by atoms with Crippen LogP contribution in [-0.4, -0.2) is 82.7 Å². The number of rotatable bonds is 6. The van der Waals surface area contributed by atoms with Gasteiger partial charge in [-0.3, -0.25) is 4.79 Å². The molecule has 2 saturated heterocycles. The monoisotopic (exact) mass is 602 g/mol. The average molecular weight is 603 g/mol. The fraction of sp³-hybridized carbons (Fsp3) is 0.516. The highest BCUT2D eigenvalue weighted by molar-refractivity contribution is 7.16. The quantitative estimate of drug-likeness (QED) is 0.412. The molecule has 12 heteroatoms. The zero-order valence-electron chi connectivity index (χ0n) is 25.0. The first-order chi connectivity index (χ1) is 20.7. The summed E-state index contributed by atoms with van der Waals surface area (Å²) in [7, 11) is 2.13. The molecule has 43 heavy (non-hydrogen) atoms. The molecule has 2 atom stereocenters. The molecule has 1 amide bonds. The van der Waals surface area contributed by atoms with Crippen LogP contribution in [0, 0.1) is 11.3 Å². The van der Waals surface area contributed by atoms with Gasteiger partial charge in [0, 0.05) is 74.0 Å². The number of ether oxygens (including phenoxy) is 1. The van der Waals surface area contributed by atoms with E-state index in [4.69, 9.17) is 25.0 Å². The summed E-state index contributed by atoms with van der Waals surface area (Å²) in [6.07, 6.45) is 5.40. The van der Waals surface area contributed by atoms with E-state index in [1.54, 1.807) is 4.90 Å². The molecule has 1 unspecified atom stereocenters. The Hall–Kier alpha value is -3.95. The number of thiophene rings is 1. The smallest absolute Gasteiger partial charge is 0.245 e. The van der Waals surface area contributed by atoms with E-state index in [9.17, 15) is 10.1 Å². The molecular weight excluding hydrogens is 564 g/mol. The van der Waals surface area contributed by atoms with Crippen molar-refractivity contribution in [3.63, 3.8) is 0 Å². The van der Waals surface area contributed by atoms with Crippen LogP contribution >= 0.6 is 11.3 Å². The Bertz CT molecular complexity index is 1570. The number of amides is 1. The number of likely N-dealkylation sites (N-methyl/N-ethyl adjacent to an activating group) is 1. The number of nitriles is 1. The molecule has 5 heterocycles. The standard InChI is InChI=1S/C31H38N8O3S/c1-5-27(40)38-11-8-20(9-12-38)41-26-16-25(39-14-13-37(4)18-19(39)2)34-30(35-26)22-15-24(36-42-22)31(3)10-6-7-23-28(31)21(17-32)29(33)43-23/h5,15-16,19-20H,1,6-14,18,33H2,2-4H3/t19-,31?/m0/s1. The number of nitrogens with two attached hydrogens (primary N) is 1. The number of anilines is 2. The Morgan fingerprint density at radius 1 is 1.28 bits per heavy atom. The molecule has 0 saturated carbocycles. The topological polar surface area (TPSA) is 138 Å². The second kappa shape index (κ2) is 11.6. The summed E-state index contributed by atoms with van der Waals surface area (Å²) in [5.74, 6) is 2.05. The van der Waals surface area contributed by atoms with Crippen LogP contribution in [-0.2, 0) is 16.6 Å². The average Bonchev–Trinajstić information content (AvgIpc) is 3.63. The lowest BCUT2D eigenvalue weighted by atomic mass is 9.70. The van der Waals surface area contributed by atoms with Gasteiger partial charge in [0.15, 0.2) is 0 Å². The molecule has 0 spiro atoms. The van der Waals surface area contributed by atoms with Crippen LogP contribution in [0.2, 0.25) is 0 Å². The molecule has 3 aromatic rings. The number of nitrogen functional groups attached to an aromatic ring is 1. The molecule has 0 radical (unpaired) electrons. The van der Waals surface area contributed by atoms with Crippen molar-refractivity contribution in [2.45, 2.75) is 63.5 Å². The lowest BCUT2D eigenvalue weighted by molar-refractivity contribution is -0.127. The van der Waals surface area contributed by atoms with E-state index in [0.29, 0.717) is 54.0 Å². The van der Waals surface area contributed by atoms with Gasteiger partial charge in [-0.25, -0.2) is 4.98 Å². The van der Waals surface area contributed by atoms with Crippen LogP contribution in [0.5, 0.6) is 5.88 Å². The lowest BCUT2D eigenvalue weighted by Crippen LogP contribution is -2.50. The van der Waals surface area contributed by atoms with Gasteiger partial charge in [0.05, 0.1) is 11.3 Å². The second-order valence-corrected chi connectivity index (χ2v) is 13.2. The predicted octanol–water partition coefficient (Wildman–Crippen LogP) is 3.99. The third-order valence-corrected chi connectivity index (χ3v) is 10.2. The van der Waals surface area contributed by atoms with Crippen molar-refractivity contribution < 1.29 is 14.1 Å². The normalized spacial score (nSPS) is 23.1. The Labute approximate surface area is 255 Å². The molecule has 6 rings (SSSR count). The molecule has 3 aromatic heterocycles. The molecule has 0 aromatic carbocycles. The maximum absolute atomic E-state index is 12.1. The number of piperidine rings is 1. The van der Waals surface area contributed by atoms with Gasteiger partial charge in [0.25, 0.3) is 0 Å². The highest BCUT2D eigenvalue weighted by atomic mass is 32.1. The van der Waals surface area contributed by atoms with Crippen LogP contribution in [0.15, 0.2) is 29.3 Å². The first-order valence-electron chi connectivity index (χ1n) is 14.9. The van der Waals surface area contributed by atoms with Gasteiger partial charge in [-0.15, -0.1) is 11.3 Å². The molecule has 2 N–H and O–H groups in total. The summed E-state index contributed by atoms with van der Waals surface area (Å²) in [4.78, 5) is 29.3. The minimum absolute atomic E-state index is 0.0546. The summed E-state index contributed by atoms with van der Waals surface area (Å²) in [5, 5.41) is 15.0. The molecule has 226 valence electrons. The number of hydrogen-bond donors (Lipinski definition) is 1. The molecule has 2 aliphatic heterocycles. The fourth-order valence-corrected chi connectivity index (χ4v) is 7.89. The maximum Gasteiger partial charge on any atom is 0.245 e. The van der Waals surface area contributed by atoms with Crippen molar-refractivity contribution in [1.82, 2.24) is 24.9 Å². The number of likely N-dealkylation sites (tertiary alicyclic amines) is 1. The van der Waals surface area contributed by atoms with Crippen molar-refractivity contribution in [2.75, 3.05) is 50.4 Å². The van der Waals surface area contributed by atoms with Gasteiger partial charge in [-0.2, -0.15) is 10.2 Å². The van der Waals surface area contributed by atoms with Crippen molar-refractivity contribution >= 4 is 28.1 Å². The summed E-state index contributed by atoms with van der Waals surface area (Å²) >= 11 is 1.50. The lowest BCUT2D eigenvalue weighted by Gasteiger charge is -2.39. The summed E-state index contributed by atoms with van der Waals surface area (Å²) in [6.45, 7) is 11.8. The van der Waals surface area contributed by atoms with E-state index in [2.05, 4.69) is 48.5 Å². The highest BCUT2D eigenvalue weighted by Crippen LogP contribution is 2.49. The number of piperazine rings is 1. The predicted molar refractivity (Wildman–Crippen MR) is 165 cm³/mol. The summed E-state index contributed by atoms with van der Waals surface area (Å²) in [6, 6.07) is 6.39. The Morgan fingerprint density at radius 2 is 2.07 bits per heavy atom. The third-order valence-electron chi connectivity index (χ3n) is 9.08. The molecule has 2 fully saturated rings. The minimum Gasteiger partial charge on any atom is -0.474 e. The number of aryl methyl sites for hydroxylation is 1. The van der Waals surface area contributed by atoms with E-state index < -0.39 is 5.41 Å². The van der Waals surface area contributed by atoms with Gasteiger partial charge >= 0.3 is 0 Å². The first kappa shape index (κ1) is 29.1. The molecular formula is C31H38N8O3S. The van der Waals surface area contributed by atoms with E-state index in [1.165, 1.54) is 17.4 Å². The van der Waals surface area contributed by atoms with Crippen molar-refractivity contribution in [3.05, 3.63) is 46.5 Å². The molecule has 1 aliphatic carbocycles. The van der Waals surface area contributed by atoms with Crippen LogP contribution < -0.4 is 15.4 Å². The number of aromatic nitrogens is 3. The molecule has 3 aliphatic rings. The van der Waals surface area contributed by atoms with E-state index in [-0.39, 0.29) is 18.1 Å². The van der Waals surface area contributed by atoms with Gasteiger partial charge in [0.1, 0.15) is 23.0 Å². The Balaban J connectivity index is 1.33. The summed E-state index contributed by atoms with van der Waals surface area (Å²) < 4.78 is 12.4. The zero-order valence-corrected chi connectivity index (χ0v) is 25.8. The van der Waals surface area contributed by atoms with Gasteiger partial charge in [0.2, 0.25) is 23.4 Å². The summed E-state index contributed by atoms with van der Waals surface area (Å²) in [5.41, 5.74) is 7.99. The number of fused-ring (bicyclic) bond motifs is 1. The van der Waals surface area contributed by atoms with E-state index >= 15 is 0 Å². The van der Waals surface area contributed by atoms with E-state index in [1.807, 2.05) is 12.1 Å². The number of hydrogen-bond acceptors (Lipinski definition) is 11. The SMILES string of the molecule is C=CC(=O)N1CCC(Oc2cc(N3CCN(C)C[C@@H]3C)nc(-c3cc(C4(C)CCCc5sc(N)c(C#N)c54)no3)n2)CC1. The number of carbonyl (C=O) groups is 1. The van der Waals surface area contributed by atoms with Crippen LogP contribution in [0.4, 0.5) is 10.8 Å².